The minimum atomic E-state index is -0.386. The van der Waals surface area contributed by atoms with Crippen molar-refractivity contribution in [2.75, 3.05) is 20.6 Å². The number of carbonyl (C=O) groups is 1. The molecule has 2 heterocycles. The third-order valence-corrected chi connectivity index (χ3v) is 4.51. The van der Waals surface area contributed by atoms with Gasteiger partial charge in [-0.05, 0) is 57.6 Å². The highest BCUT2D eigenvalue weighted by atomic mass is 16.3. The van der Waals surface area contributed by atoms with E-state index in [1.165, 1.54) is 0 Å². The van der Waals surface area contributed by atoms with Crippen molar-refractivity contribution in [3.63, 3.8) is 0 Å². The van der Waals surface area contributed by atoms with Crippen LogP contribution in [0.3, 0.4) is 0 Å². The minimum Gasteiger partial charge on any atom is -0.468 e. The fourth-order valence-corrected chi connectivity index (χ4v) is 2.98. The highest BCUT2D eigenvalue weighted by Crippen LogP contribution is 2.18. The molecule has 1 atom stereocenters. The van der Waals surface area contributed by atoms with Crippen LogP contribution < -0.4 is 10.9 Å². The van der Waals surface area contributed by atoms with Gasteiger partial charge in [-0.3, -0.25) is 14.5 Å². The average Bonchev–Trinajstić information content (AvgIpc) is 3.08. The van der Waals surface area contributed by atoms with Crippen LogP contribution >= 0.6 is 0 Å². The van der Waals surface area contributed by atoms with Gasteiger partial charge in [-0.25, -0.2) is 0 Å². The number of nitrogens with zero attached hydrogens (tertiary/aromatic N) is 2. The van der Waals surface area contributed by atoms with Gasteiger partial charge in [0.2, 0.25) is 5.91 Å². The maximum Gasteiger partial charge on any atom is 0.266 e. The number of hydrogen-bond donors (Lipinski definition) is 2. The zero-order valence-corrected chi connectivity index (χ0v) is 15.5. The summed E-state index contributed by atoms with van der Waals surface area (Å²) in [5.74, 6) is 0.702. The summed E-state index contributed by atoms with van der Waals surface area (Å²) in [6.45, 7) is 3.96. The number of aromatic amines is 1. The van der Waals surface area contributed by atoms with Crippen molar-refractivity contribution in [3.8, 4) is 6.07 Å². The largest absolute Gasteiger partial charge is 0.468 e. The van der Waals surface area contributed by atoms with E-state index >= 15 is 0 Å². The van der Waals surface area contributed by atoms with Gasteiger partial charge in [0.1, 0.15) is 17.4 Å². The van der Waals surface area contributed by atoms with Crippen LogP contribution in [0.1, 0.15) is 40.6 Å². The summed E-state index contributed by atoms with van der Waals surface area (Å²) >= 11 is 0. The van der Waals surface area contributed by atoms with E-state index in [2.05, 4.69) is 10.3 Å². The van der Waals surface area contributed by atoms with Gasteiger partial charge in [-0.1, -0.05) is 0 Å². The Morgan fingerprint density at radius 1 is 1.42 bits per heavy atom. The van der Waals surface area contributed by atoms with Crippen molar-refractivity contribution in [1.82, 2.24) is 15.2 Å². The Bertz CT molecular complexity index is 860. The maximum absolute atomic E-state index is 12.3. The molecular formula is C19H24N4O3. The second-order valence-corrected chi connectivity index (χ2v) is 6.47. The maximum atomic E-state index is 12.3. The number of aryl methyl sites for hydroxylation is 1. The van der Waals surface area contributed by atoms with Crippen molar-refractivity contribution < 1.29 is 9.21 Å². The van der Waals surface area contributed by atoms with Crippen LogP contribution in [0.4, 0.5) is 0 Å². The van der Waals surface area contributed by atoms with Crippen molar-refractivity contribution >= 4 is 5.91 Å². The molecule has 1 unspecified atom stereocenters. The predicted octanol–water partition coefficient (Wildman–Crippen LogP) is 1.81. The lowest BCUT2D eigenvalue weighted by Crippen LogP contribution is -2.34. The van der Waals surface area contributed by atoms with Crippen molar-refractivity contribution in [3.05, 3.63) is 56.9 Å². The molecule has 2 aromatic heterocycles. The molecule has 0 radical (unpaired) electrons. The normalized spacial score (nSPS) is 12.0. The summed E-state index contributed by atoms with van der Waals surface area (Å²) in [5.41, 5.74) is 1.90. The molecule has 0 spiro atoms. The lowest BCUT2D eigenvalue weighted by Gasteiger charge is -2.22. The average molecular weight is 356 g/mol. The van der Waals surface area contributed by atoms with E-state index in [1.54, 1.807) is 20.1 Å². The third-order valence-electron chi connectivity index (χ3n) is 4.51. The molecule has 2 aromatic rings. The van der Waals surface area contributed by atoms with Crippen LogP contribution in [0.15, 0.2) is 27.6 Å². The highest BCUT2D eigenvalue weighted by Gasteiger charge is 2.18. The molecular weight excluding hydrogens is 332 g/mol. The molecule has 0 aromatic carbocycles. The Kier molecular flexibility index (Phi) is 6.36. The molecule has 0 bridgehead atoms. The van der Waals surface area contributed by atoms with Gasteiger partial charge in [0.15, 0.2) is 0 Å². The second kappa shape index (κ2) is 8.50. The summed E-state index contributed by atoms with van der Waals surface area (Å²) in [6, 6.07) is 5.58. The Hall–Kier alpha value is -2.85. The number of carbonyl (C=O) groups excluding carboxylic acids is 1. The van der Waals surface area contributed by atoms with E-state index in [4.69, 9.17) is 9.68 Å². The van der Waals surface area contributed by atoms with Gasteiger partial charge in [0, 0.05) is 18.7 Å². The minimum absolute atomic E-state index is 0.0457. The van der Waals surface area contributed by atoms with E-state index in [1.807, 2.05) is 37.2 Å². The molecule has 1 amide bonds. The van der Waals surface area contributed by atoms with Gasteiger partial charge in [-0.2, -0.15) is 5.26 Å². The molecule has 0 aliphatic rings. The number of rotatable bonds is 7. The number of amides is 1. The smallest absolute Gasteiger partial charge is 0.266 e. The first-order valence-electron chi connectivity index (χ1n) is 8.44. The molecule has 0 saturated carbocycles. The lowest BCUT2D eigenvalue weighted by molar-refractivity contribution is -0.121. The molecule has 138 valence electrons. The van der Waals surface area contributed by atoms with Gasteiger partial charge in [-0.15, -0.1) is 0 Å². The zero-order valence-electron chi connectivity index (χ0n) is 15.5. The number of aromatic nitrogens is 1. The zero-order chi connectivity index (χ0) is 19.3. The van der Waals surface area contributed by atoms with Crippen LogP contribution in [-0.2, 0) is 11.2 Å². The van der Waals surface area contributed by atoms with Crippen molar-refractivity contribution in [2.24, 2.45) is 0 Å². The van der Waals surface area contributed by atoms with E-state index < -0.39 is 0 Å². The third kappa shape index (κ3) is 4.41. The monoisotopic (exact) mass is 356 g/mol. The molecule has 0 fully saturated rings. The molecule has 7 heteroatoms. The number of furan rings is 1. The quantitative estimate of drug-likeness (QED) is 0.788. The molecule has 2 rings (SSSR count). The van der Waals surface area contributed by atoms with Crippen LogP contribution in [-0.4, -0.2) is 36.4 Å². The van der Waals surface area contributed by atoms with Gasteiger partial charge in [0.05, 0.1) is 12.3 Å². The summed E-state index contributed by atoms with van der Waals surface area (Å²) in [4.78, 5) is 28.7. The Labute approximate surface area is 152 Å². The summed E-state index contributed by atoms with van der Waals surface area (Å²) in [6.07, 6.45) is 2.35. The first-order valence-corrected chi connectivity index (χ1v) is 8.44. The van der Waals surface area contributed by atoms with Crippen LogP contribution in [0.25, 0.3) is 0 Å². The summed E-state index contributed by atoms with van der Waals surface area (Å²) in [7, 11) is 3.85. The SMILES string of the molecule is Cc1[nH]c(=O)c(C#N)c(C)c1CCC(=O)NCC(c1ccco1)N(C)C. The first kappa shape index (κ1) is 19.5. The number of hydrogen-bond acceptors (Lipinski definition) is 5. The van der Waals surface area contributed by atoms with Crippen molar-refractivity contribution in [1.29, 1.82) is 5.26 Å². The molecule has 0 aliphatic heterocycles. The Morgan fingerprint density at radius 2 is 2.15 bits per heavy atom. The second-order valence-electron chi connectivity index (χ2n) is 6.47. The van der Waals surface area contributed by atoms with Crippen LogP contribution in [0.5, 0.6) is 0 Å². The topological polar surface area (TPSA) is 102 Å². The number of H-pyrrole nitrogens is 1. The molecule has 7 nitrogen and oxygen atoms in total. The number of likely N-dealkylation sites (N-methyl/N-ethyl adjacent to an activating group) is 1. The summed E-state index contributed by atoms with van der Waals surface area (Å²) < 4.78 is 5.43. The lowest BCUT2D eigenvalue weighted by atomic mass is 9.99. The van der Waals surface area contributed by atoms with Gasteiger partial charge < -0.3 is 14.7 Å². The number of pyridine rings is 1. The molecule has 2 N–H and O–H groups in total. The van der Waals surface area contributed by atoms with E-state index in [9.17, 15) is 9.59 Å². The molecule has 26 heavy (non-hydrogen) atoms. The molecule has 0 saturated heterocycles. The van der Waals surface area contributed by atoms with Crippen LogP contribution in [0.2, 0.25) is 0 Å². The number of nitriles is 1. The Morgan fingerprint density at radius 3 is 2.73 bits per heavy atom. The fraction of sp³-hybridized carbons (Fsp3) is 0.421. The van der Waals surface area contributed by atoms with E-state index in [-0.39, 0.29) is 29.5 Å². The Balaban J connectivity index is 1.99. The van der Waals surface area contributed by atoms with E-state index in [0.717, 1.165) is 11.3 Å². The standard InChI is InChI=1S/C19H24N4O3/c1-12-14(13(2)22-19(25)15(12)10-20)7-8-18(24)21-11-16(23(3)4)17-6-5-9-26-17/h5-6,9,16H,7-8,11H2,1-4H3,(H,21,24)(H,22,25). The van der Waals surface area contributed by atoms with Gasteiger partial charge in [0.25, 0.3) is 5.56 Å². The van der Waals surface area contributed by atoms with E-state index in [0.29, 0.717) is 24.2 Å². The van der Waals surface area contributed by atoms with Gasteiger partial charge >= 0.3 is 0 Å². The first-order chi connectivity index (χ1) is 12.3. The van der Waals surface area contributed by atoms with Crippen LogP contribution in [0, 0.1) is 25.2 Å². The van der Waals surface area contributed by atoms with Crippen molar-refractivity contribution in [2.45, 2.75) is 32.7 Å². The fourth-order valence-electron chi connectivity index (χ4n) is 2.98. The highest BCUT2D eigenvalue weighted by molar-refractivity contribution is 5.76. The summed E-state index contributed by atoms with van der Waals surface area (Å²) in [5, 5.41) is 12.0. The molecule has 0 aliphatic carbocycles. The number of nitrogens with one attached hydrogen (secondary N) is 2. The predicted molar refractivity (Wildman–Crippen MR) is 97.7 cm³/mol.